The van der Waals surface area contributed by atoms with Crippen LogP contribution in [0.2, 0.25) is 0 Å². The molecular formula is C19H38O8. The van der Waals surface area contributed by atoms with Crippen molar-refractivity contribution in [2.45, 2.75) is 99.9 Å². The van der Waals surface area contributed by atoms with Gasteiger partial charge in [-0.15, -0.1) is 0 Å². The van der Waals surface area contributed by atoms with Crippen molar-refractivity contribution in [3.63, 3.8) is 0 Å². The molecule has 0 aromatic rings. The molecule has 8 nitrogen and oxygen atoms in total. The van der Waals surface area contributed by atoms with Crippen molar-refractivity contribution in [2.75, 3.05) is 0 Å². The van der Waals surface area contributed by atoms with E-state index in [4.69, 9.17) is 24.1 Å². The van der Waals surface area contributed by atoms with Crippen LogP contribution in [-0.2, 0) is 33.4 Å². The third-order valence-corrected chi connectivity index (χ3v) is 1.35. The topological polar surface area (TPSA) is 116 Å². The van der Waals surface area contributed by atoms with Gasteiger partial charge in [0.05, 0.1) is 0 Å². The molecule has 0 saturated heterocycles. The first-order chi connectivity index (χ1) is 11.7. The van der Waals surface area contributed by atoms with Gasteiger partial charge in [0, 0.05) is 20.8 Å². The molecule has 0 unspecified atom stereocenters. The average Bonchev–Trinajstić information content (AvgIpc) is 2.19. The molecule has 0 heterocycles. The Hall–Kier alpha value is -2.12. The summed E-state index contributed by atoms with van der Waals surface area (Å²) in [6, 6.07) is 0. The molecule has 27 heavy (non-hydrogen) atoms. The number of ether oxygens (including phenoxy) is 3. The van der Waals surface area contributed by atoms with E-state index in [1.165, 1.54) is 20.8 Å². The Bertz CT molecular complexity index is 372. The predicted octanol–water partition coefficient (Wildman–Crippen LogP) is 3.74. The molecule has 0 spiro atoms. The fourth-order valence-corrected chi connectivity index (χ4v) is 1.29. The second kappa shape index (κ2) is 15.0. The highest BCUT2D eigenvalue weighted by atomic mass is 16.6. The van der Waals surface area contributed by atoms with Gasteiger partial charge in [0.15, 0.2) is 0 Å². The lowest BCUT2D eigenvalue weighted by Gasteiger charge is -2.17. The lowest BCUT2D eigenvalue weighted by molar-refractivity contribution is -0.153. The molecule has 0 aliphatic rings. The van der Waals surface area contributed by atoms with E-state index in [-0.39, 0.29) is 41.2 Å². The first kappa shape index (κ1) is 32.5. The van der Waals surface area contributed by atoms with Gasteiger partial charge < -0.3 is 19.3 Å². The molecule has 0 aromatic heterocycles. The number of carboxylic acid groups (broad SMARTS) is 1. The van der Waals surface area contributed by atoms with Gasteiger partial charge in [-0.3, -0.25) is 19.2 Å². The lowest BCUT2D eigenvalue weighted by Crippen LogP contribution is -2.21. The van der Waals surface area contributed by atoms with E-state index >= 15 is 0 Å². The van der Waals surface area contributed by atoms with E-state index in [9.17, 15) is 14.4 Å². The van der Waals surface area contributed by atoms with Crippen LogP contribution in [0.5, 0.6) is 0 Å². The molecule has 0 fully saturated rings. The maximum absolute atomic E-state index is 10.2. The molecule has 0 aliphatic carbocycles. The summed E-state index contributed by atoms with van der Waals surface area (Å²) < 4.78 is 14.4. The first-order valence-electron chi connectivity index (χ1n) is 8.33. The number of rotatable bonds is 0. The molecule has 0 saturated carbocycles. The summed E-state index contributed by atoms with van der Waals surface area (Å²) in [6.07, 6.45) is 0. The standard InChI is InChI=1S/3C6H12O2.CH2O2/c3*1-5(7)8-6(2,3)4;2-1-3/h3*1-4H3;1H,(H,2,3). The summed E-state index contributed by atoms with van der Waals surface area (Å²) in [6.45, 7) is 20.5. The van der Waals surface area contributed by atoms with Gasteiger partial charge in [0.1, 0.15) is 16.8 Å². The van der Waals surface area contributed by atoms with E-state index in [2.05, 4.69) is 0 Å². The van der Waals surface area contributed by atoms with Crippen LogP contribution in [0.25, 0.3) is 0 Å². The molecule has 0 aromatic carbocycles. The smallest absolute Gasteiger partial charge is 0.303 e. The second-order valence-corrected chi connectivity index (χ2v) is 8.22. The van der Waals surface area contributed by atoms with Crippen molar-refractivity contribution < 1.29 is 38.5 Å². The van der Waals surface area contributed by atoms with Crippen LogP contribution in [0, 0.1) is 0 Å². The zero-order valence-corrected chi connectivity index (χ0v) is 18.9. The maximum atomic E-state index is 10.2. The lowest BCUT2D eigenvalue weighted by atomic mass is 10.2. The molecule has 0 rings (SSSR count). The van der Waals surface area contributed by atoms with E-state index in [0.717, 1.165) is 0 Å². The van der Waals surface area contributed by atoms with Crippen LogP contribution in [0.4, 0.5) is 0 Å². The van der Waals surface area contributed by atoms with Gasteiger partial charge in [-0.05, 0) is 62.3 Å². The highest BCUT2D eigenvalue weighted by Gasteiger charge is 2.13. The monoisotopic (exact) mass is 394 g/mol. The quantitative estimate of drug-likeness (QED) is 0.375. The summed E-state index contributed by atoms with van der Waals surface area (Å²) in [4.78, 5) is 39.1. The Kier molecular flexibility index (Phi) is 18.1. The first-order valence-corrected chi connectivity index (χ1v) is 8.33. The molecule has 0 atom stereocenters. The average molecular weight is 395 g/mol. The van der Waals surface area contributed by atoms with Gasteiger partial charge in [-0.1, -0.05) is 0 Å². The molecule has 162 valence electrons. The summed E-state index contributed by atoms with van der Waals surface area (Å²) >= 11 is 0. The minimum absolute atomic E-state index is 0.225. The second-order valence-electron chi connectivity index (χ2n) is 8.22. The Balaban J connectivity index is -0.000000137. The molecular weight excluding hydrogens is 356 g/mol. The number of esters is 3. The van der Waals surface area contributed by atoms with Crippen molar-refractivity contribution in [1.82, 2.24) is 0 Å². The molecule has 0 radical (unpaired) electrons. The summed E-state index contributed by atoms with van der Waals surface area (Å²) in [5.74, 6) is -0.674. The Morgan fingerprint density at radius 3 is 0.704 bits per heavy atom. The van der Waals surface area contributed by atoms with E-state index in [1.54, 1.807) is 0 Å². The van der Waals surface area contributed by atoms with Crippen molar-refractivity contribution >= 4 is 24.4 Å². The minimum atomic E-state index is -0.328. The summed E-state index contributed by atoms with van der Waals surface area (Å²) in [5, 5.41) is 6.89. The predicted molar refractivity (Wildman–Crippen MR) is 103 cm³/mol. The third kappa shape index (κ3) is 68.9. The van der Waals surface area contributed by atoms with E-state index in [0.29, 0.717) is 0 Å². The zero-order valence-electron chi connectivity index (χ0n) is 18.9. The SMILES string of the molecule is CC(=O)OC(C)(C)C.CC(=O)OC(C)(C)C.CC(=O)OC(C)(C)C.O=CO. The van der Waals surface area contributed by atoms with Crippen LogP contribution in [0.1, 0.15) is 83.1 Å². The van der Waals surface area contributed by atoms with Crippen LogP contribution in [-0.4, -0.2) is 46.3 Å². The van der Waals surface area contributed by atoms with Gasteiger partial charge >= 0.3 is 17.9 Å². The van der Waals surface area contributed by atoms with E-state index < -0.39 is 0 Å². The van der Waals surface area contributed by atoms with Crippen molar-refractivity contribution in [2.24, 2.45) is 0 Å². The summed E-state index contributed by atoms with van der Waals surface area (Å²) in [7, 11) is 0. The maximum Gasteiger partial charge on any atom is 0.303 e. The molecule has 0 amide bonds. The number of carbonyl (C=O) groups excluding carboxylic acids is 3. The third-order valence-electron chi connectivity index (χ3n) is 1.35. The van der Waals surface area contributed by atoms with Crippen LogP contribution in [0.15, 0.2) is 0 Å². The molecule has 0 aliphatic heterocycles. The van der Waals surface area contributed by atoms with Gasteiger partial charge in [0.25, 0.3) is 6.47 Å². The number of hydrogen-bond acceptors (Lipinski definition) is 7. The van der Waals surface area contributed by atoms with Gasteiger partial charge in [0.2, 0.25) is 0 Å². The highest BCUT2D eigenvalue weighted by molar-refractivity contribution is 5.67. The zero-order chi connectivity index (χ0) is 23.1. The fraction of sp³-hybridized carbons (Fsp3) is 0.789. The van der Waals surface area contributed by atoms with Crippen molar-refractivity contribution in [1.29, 1.82) is 0 Å². The summed E-state index contributed by atoms with van der Waals surface area (Å²) in [5.41, 5.74) is -0.983. The van der Waals surface area contributed by atoms with E-state index in [1.807, 2.05) is 62.3 Å². The van der Waals surface area contributed by atoms with Crippen LogP contribution < -0.4 is 0 Å². The highest BCUT2D eigenvalue weighted by Crippen LogP contribution is 2.06. The van der Waals surface area contributed by atoms with Crippen molar-refractivity contribution in [3.05, 3.63) is 0 Å². The Morgan fingerprint density at radius 2 is 0.704 bits per heavy atom. The normalized spacial score (nSPS) is 10.2. The Labute approximate surface area is 163 Å². The van der Waals surface area contributed by atoms with Gasteiger partial charge in [-0.2, -0.15) is 0 Å². The fourth-order valence-electron chi connectivity index (χ4n) is 1.29. The number of carbonyl (C=O) groups is 4. The Morgan fingerprint density at radius 1 is 0.593 bits per heavy atom. The minimum Gasteiger partial charge on any atom is -0.483 e. The largest absolute Gasteiger partial charge is 0.483 e. The molecule has 8 heteroatoms. The number of hydrogen-bond donors (Lipinski definition) is 1. The van der Waals surface area contributed by atoms with Gasteiger partial charge in [-0.25, -0.2) is 0 Å². The molecule has 1 N–H and O–H groups in total. The van der Waals surface area contributed by atoms with Crippen molar-refractivity contribution in [3.8, 4) is 0 Å². The van der Waals surface area contributed by atoms with Crippen LogP contribution >= 0.6 is 0 Å². The van der Waals surface area contributed by atoms with Crippen LogP contribution in [0.3, 0.4) is 0 Å². The molecule has 0 bridgehead atoms.